The molecule has 4 heterocycles. The molecule has 176 valence electrons. The molecule has 2 saturated heterocycles. The highest BCUT2D eigenvalue weighted by atomic mass is 32.1. The maximum Gasteiger partial charge on any atom is 0.490 e. The molecule has 2 fully saturated rings. The fourth-order valence-electron chi connectivity index (χ4n) is 4.13. The molecular weight excluding hydrogens is 445 g/mol. The van der Waals surface area contributed by atoms with Crippen LogP contribution >= 0.6 is 11.3 Å². The van der Waals surface area contributed by atoms with Gasteiger partial charge in [-0.05, 0) is 38.4 Å². The van der Waals surface area contributed by atoms with Gasteiger partial charge in [0, 0.05) is 53.7 Å². The molecule has 0 bridgehead atoms. The lowest BCUT2D eigenvalue weighted by molar-refractivity contribution is -0.192. The summed E-state index contributed by atoms with van der Waals surface area (Å²) in [4.78, 5) is 25.5. The van der Waals surface area contributed by atoms with Gasteiger partial charge in [0.1, 0.15) is 5.82 Å². The van der Waals surface area contributed by atoms with Crippen molar-refractivity contribution in [1.82, 2.24) is 14.9 Å². The second-order valence-electron chi connectivity index (χ2n) is 8.17. The van der Waals surface area contributed by atoms with Crippen LogP contribution in [-0.4, -0.2) is 71.5 Å². The van der Waals surface area contributed by atoms with E-state index in [1.165, 1.54) is 29.1 Å². The molecular formula is C21H27F3N4O3S. The van der Waals surface area contributed by atoms with Gasteiger partial charge in [0.15, 0.2) is 0 Å². The molecule has 2 aromatic heterocycles. The Morgan fingerprint density at radius 3 is 2.69 bits per heavy atom. The fraction of sp³-hybridized carbons (Fsp3) is 0.571. The van der Waals surface area contributed by atoms with Crippen LogP contribution in [0.2, 0.25) is 0 Å². The molecule has 2 aliphatic rings. The minimum absolute atomic E-state index is 0.193. The molecule has 4 rings (SSSR count). The number of anilines is 1. The molecule has 7 nitrogen and oxygen atoms in total. The number of aliphatic carboxylic acids is 1. The van der Waals surface area contributed by atoms with Crippen LogP contribution in [-0.2, 0) is 16.1 Å². The number of nitrogens with zero attached hydrogens (tertiary/aromatic N) is 4. The number of hydrogen-bond donors (Lipinski definition) is 1. The average Bonchev–Trinajstić information content (AvgIpc) is 3.04. The zero-order valence-electron chi connectivity index (χ0n) is 17.8. The van der Waals surface area contributed by atoms with Crippen molar-refractivity contribution in [3.05, 3.63) is 40.5 Å². The van der Waals surface area contributed by atoms with Gasteiger partial charge in [0.25, 0.3) is 0 Å². The monoisotopic (exact) mass is 472 g/mol. The van der Waals surface area contributed by atoms with E-state index in [0.717, 1.165) is 45.2 Å². The number of ether oxygens (including phenoxy) is 1. The number of aryl methyl sites for hydroxylation is 1. The second kappa shape index (κ2) is 10.6. The van der Waals surface area contributed by atoms with E-state index in [1.54, 1.807) is 12.4 Å². The van der Waals surface area contributed by atoms with Crippen molar-refractivity contribution < 1.29 is 27.8 Å². The van der Waals surface area contributed by atoms with Gasteiger partial charge in [0.05, 0.1) is 19.4 Å². The molecule has 2 aromatic rings. The second-order valence-corrected chi connectivity index (χ2v) is 9.54. The van der Waals surface area contributed by atoms with Gasteiger partial charge in [-0.15, -0.1) is 11.3 Å². The van der Waals surface area contributed by atoms with Crippen LogP contribution < -0.4 is 4.90 Å². The Labute approximate surface area is 188 Å². The molecule has 0 aliphatic carbocycles. The SMILES string of the molecule is Cc1ccc(CN2CCCC3(COCCN(c4cnccn4)C3)C2)s1.O=C(O)C(F)(F)F. The summed E-state index contributed by atoms with van der Waals surface area (Å²) in [7, 11) is 0. The molecule has 11 heteroatoms. The number of carbonyl (C=O) groups is 1. The van der Waals surface area contributed by atoms with Gasteiger partial charge in [-0.2, -0.15) is 13.2 Å². The number of carboxylic acid groups (broad SMARTS) is 1. The van der Waals surface area contributed by atoms with Crippen LogP contribution in [0.4, 0.5) is 19.0 Å². The minimum Gasteiger partial charge on any atom is -0.475 e. The quantitative estimate of drug-likeness (QED) is 0.731. The predicted molar refractivity (Wildman–Crippen MR) is 115 cm³/mol. The summed E-state index contributed by atoms with van der Waals surface area (Å²) >= 11 is 1.92. The largest absolute Gasteiger partial charge is 0.490 e. The molecule has 0 aromatic carbocycles. The number of thiophene rings is 1. The van der Waals surface area contributed by atoms with Crippen LogP contribution in [0.5, 0.6) is 0 Å². The Bertz CT molecular complexity index is 881. The number of rotatable bonds is 3. The van der Waals surface area contributed by atoms with Crippen molar-refractivity contribution in [2.75, 3.05) is 44.3 Å². The molecule has 0 radical (unpaired) electrons. The Morgan fingerprint density at radius 2 is 2.06 bits per heavy atom. The van der Waals surface area contributed by atoms with Gasteiger partial charge in [-0.25, -0.2) is 9.78 Å². The molecule has 1 unspecified atom stereocenters. The maximum absolute atomic E-state index is 10.6. The van der Waals surface area contributed by atoms with Crippen LogP contribution in [0.3, 0.4) is 0 Å². The summed E-state index contributed by atoms with van der Waals surface area (Å²) in [5.74, 6) is -1.79. The van der Waals surface area contributed by atoms with E-state index in [4.69, 9.17) is 14.6 Å². The van der Waals surface area contributed by atoms with Gasteiger partial charge in [0.2, 0.25) is 0 Å². The van der Waals surface area contributed by atoms with Crippen LogP contribution in [0.1, 0.15) is 22.6 Å². The van der Waals surface area contributed by atoms with Gasteiger partial charge < -0.3 is 14.7 Å². The Balaban J connectivity index is 0.000000360. The van der Waals surface area contributed by atoms with Crippen molar-refractivity contribution in [2.45, 2.75) is 32.5 Å². The molecule has 0 saturated carbocycles. The lowest BCUT2D eigenvalue weighted by Gasteiger charge is -2.43. The number of carboxylic acids is 1. The Hall–Kier alpha value is -2.24. The van der Waals surface area contributed by atoms with Crippen molar-refractivity contribution in [1.29, 1.82) is 0 Å². The van der Waals surface area contributed by atoms with Gasteiger partial charge >= 0.3 is 12.1 Å². The van der Waals surface area contributed by atoms with Crippen molar-refractivity contribution in [3.63, 3.8) is 0 Å². The smallest absolute Gasteiger partial charge is 0.475 e. The Kier molecular flexibility index (Phi) is 8.07. The van der Waals surface area contributed by atoms with E-state index in [9.17, 15) is 13.2 Å². The molecule has 1 atom stereocenters. The minimum atomic E-state index is -5.08. The number of halogens is 3. The third kappa shape index (κ3) is 6.88. The van der Waals surface area contributed by atoms with Crippen LogP contribution in [0, 0.1) is 12.3 Å². The first kappa shape index (κ1) is 24.4. The molecule has 0 amide bonds. The summed E-state index contributed by atoms with van der Waals surface area (Å²) in [5.41, 5.74) is 0.193. The first-order valence-electron chi connectivity index (χ1n) is 10.3. The predicted octanol–water partition coefficient (Wildman–Crippen LogP) is 3.60. The third-order valence-electron chi connectivity index (χ3n) is 5.47. The number of alkyl halides is 3. The number of hydrogen-bond acceptors (Lipinski definition) is 7. The van der Waals surface area contributed by atoms with Gasteiger partial charge in [-0.3, -0.25) is 9.88 Å². The maximum atomic E-state index is 10.6. The third-order valence-corrected chi connectivity index (χ3v) is 6.46. The summed E-state index contributed by atoms with van der Waals surface area (Å²) < 4.78 is 37.8. The van der Waals surface area contributed by atoms with E-state index in [1.807, 2.05) is 17.5 Å². The van der Waals surface area contributed by atoms with Crippen molar-refractivity contribution >= 4 is 23.1 Å². The molecule has 1 N–H and O–H groups in total. The topological polar surface area (TPSA) is 78.8 Å². The van der Waals surface area contributed by atoms with E-state index in [-0.39, 0.29) is 5.41 Å². The summed E-state index contributed by atoms with van der Waals surface area (Å²) in [6.45, 7) is 9.04. The first-order valence-corrected chi connectivity index (χ1v) is 11.2. The van der Waals surface area contributed by atoms with Crippen LogP contribution in [0.25, 0.3) is 0 Å². The van der Waals surface area contributed by atoms with E-state index < -0.39 is 12.1 Å². The average molecular weight is 473 g/mol. The van der Waals surface area contributed by atoms with E-state index >= 15 is 0 Å². The fourth-order valence-corrected chi connectivity index (χ4v) is 5.06. The summed E-state index contributed by atoms with van der Waals surface area (Å²) in [5, 5.41) is 7.12. The summed E-state index contributed by atoms with van der Waals surface area (Å²) in [6.07, 6.45) is 2.76. The van der Waals surface area contributed by atoms with Crippen molar-refractivity contribution in [2.24, 2.45) is 5.41 Å². The van der Waals surface area contributed by atoms with Crippen molar-refractivity contribution in [3.8, 4) is 0 Å². The zero-order valence-corrected chi connectivity index (χ0v) is 18.7. The lowest BCUT2D eigenvalue weighted by atomic mass is 9.80. The molecule has 32 heavy (non-hydrogen) atoms. The van der Waals surface area contributed by atoms with E-state index in [2.05, 4.69) is 38.8 Å². The summed E-state index contributed by atoms with van der Waals surface area (Å²) in [6, 6.07) is 4.50. The number of aromatic nitrogens is 2. The molecule has 2 aliphatic heterocycles. The highest BCUT2D eigenvalue weighted by Crippen LogP contribution is 2.35. The highest BCUT2D eigenvalue weighted by molar-refractivity contribution is 7.11. The van der Waals surface area contributed by atoms with Gasteiger partial charge in [-0.1, -0.05) is 0 Å². The highest BCUT2D eigenvalue weighted by Gasteiger charge is 2.39. The zero-order chi connectivity index (χ0) is 23.2. The standard InChI is InChI=1S/C19H26N4OS.C2HF3O2/c1-16-3-4-17(25-16)12-22-8-2-5-19(13-22)14-23(9-10-24-15-19)18-11-20-6-7-21-18;3-2(4,5)1(6)7/h3-4,6-7,11H,2,5,8-10,12-15H2,1H3;(H,6,7). The number of likely N-dealkylation sites (tertiary alicyclic amines) is 1. The first-order chi connectivity index (χ1) is 15.2. The lowest BCUT2D eigenvalue weighted by Crippen LogP contribution is -2.50. The normalized spacial score (nSPS) is 22.2. The number of piperidine rings is 1. The molecule has 1 spiro atoms. The van der Waals surface area contributed by atoms with Crippen LogP contribution in [0.15, 0.2) is 30.7 Å². The Morgan fingerprint density at radius 1 is 1.28 bits per heavy atom. The van der Waals surface area contributed by atoms with E-state index in [0.29, 0.717) is 0 Å².